The molecule has 2 atom stereocenters. The first-order chi connectivity index (χ1) is 12.7. The first kappa shape index (κ1) is 17.9. The number of rotatable bonds is 5. The molecule has 2 unspecified atom stereocenters. The zero-order valence-electron chi connectivity index (χ0n) is 14.8. The van der Waals surface area contributed by atoms with Crippen molar-refractivity contribution < 1.29 is 9.13 Å². The Kier molecular flexibility index (Phi) is 5.55. The number of benzene rings is 2. The summed E-state index contributed by atoms with van der Waals surface area (Å²) in [6, 6.07) is 13.7. The maximum Gasteiger partial charge on any atom is 0.125 e. The van der Waals surface area contributed by atoms with Crippen LogP contribution in [0.15, 0.2) is 42.5 Å². The van der Waals surface area contributed by atoms with E-state index in [1.807, 2.05) is 0 Å². The lowest BCUT2D eigenvalue weighted by Crippen LogP contribution is -2.46. The van der Waals surface area contributed by atoms with E-state index >= 15 is 0 Å². The lowest BCUT2D eigenvalue weighted by atomic mass is 9.99. The van der Waals surface area contributed by atoms with Gasteiger partial charge in [-0.2, -0.15) is 0 Å². The smallest absolute Gasteiger partial charge is 0.125 e. The monoisotopic (exact) mass is 374 g/mol. The fraction of sp³-hybridized carbons (Fsp3) is 0.429. The highest BCUT2D eigenvalue weighted by Gasteiger charge is 2.36. The third-order valence-electron chi connectivity index (χ3n) is 5.37. The van der Waals surface area contributed by atoms with Gasteiger partial charge in [0, 0.05) is 43.2 Å². The Labute approximate surface area is 159 Å². The Morgan fingerprint density at radius 1 is 1.15 bits per heavy atom. The number of nitrogens with one attached hydrogen (secondary N) is 1. The van der Waals surface area contributed by atoms with E-state index in [4.69, 9.17) is 16.3 Å². The molecule has 1 aliphatic heterocycles. The Morgan fingerprint density at radius 2 is 1.96 bits per heavy atom. The highest BCUT2D eigenvalue weighted by Crippen LogP contribution is 2.40. The van der Waals surface area contributed by atoms with Gasteiger partial charge in [-0.05, 0) is 41.3 Å². The van der Waals surface area contributed by atoms with Crippen LogP contribution in [0.5, 0.6) is 0 Å². The van der Waals surface area contributed by atoms with Gasteiger partial charge in [0.05, 0.1) is 13.2 Å². The van der Waals surface area contributed by atoms with Crippen molar-refractivity contribution in [3.8, 4) is 0 Å². The molecule has 138 valence electrons. The molecule has 1 heterocycles. The number of nitrogens with zero attached hydrogens (tertiary/aromatic N) is 1. The van der Waals surface area contributed by atoms with Gasteiger partial charge >= 0.3 is 0 Å². The lowest BCUT2D eigenvalue weighted by Gasteiger charge is -2.36. The lowest BCUT2D eigenvalue weighted by molar-refractivity contribution is 0.0427. The molecule has 0 bridgehead atoms. The van der Waals surface area contributed by atoms with E-state index < -0.39 is 0 Å². The second kappa shape index (κ2) is 8.05. The predicted octanol–water partition coefficient (Wildman–Crippen LogP) is 3.81. The van der Waals surface area contributed by atoms with Crippen LogP contribution in [0.25, 0.3) is 0 Å². The van der Waals surface area contributed by atoms with Crippen molar-refractivity contribution in [3.05, 3.63) is 70.0 Å². The molecule has 26 heavy (non-hydrogen) atoms. The summed E-state index contributed by atoms with van der Waals surface area (Å²) in [5, 5.41) is 3.84. The Morgan fingerprint density at radius 3 is 2.77 bits per heavy atom. The second-order valence-electron chi connectivity index (χ2n) is 7.19. The van der Waals surface area contributed by atoms with Crippen LogP contribution in [-0.4, -0.2) is 37.7 Å². The fourth-order valence-electron chi connectivity index (χ4n) is 4.28. The normalized spacial score (nSPS) is 23.2. The molecule has 0 radical (unpaired) electrons. The number of fused-ring (bicyclic) bond motifs is 1. The average Bonchev–Trinajstić information content (AvgIpc) is 3.00. The van der Waals surface area contributed by atoms with E-state index in [1.165, 1.54) is 23.3 Å². The highest BCUT2D eigenvalue weighted by atomic mass is 35.5. The van der Waals surface area contributed by atoms with Crippen LogP contribution in [-0.2, 0) is 17.8 Å². The largest absolute Gasteiger partial charge is 0.376 e. The summed E-state index contributed by atoms with van der Waals surface area (Å²) in [5.74, 6) is 0.109. The van der Waals surface area contributed by atoms with E-state index in [1.54, 1.807) is 6.07 Å². The predicted molar refractivity (Wildman–Crippen MR) is 102 cm³/mol. The van der Waals surface area contributed by atoms with Crippen LogP contribution in [0.1, 0.15) is 22.7 Å². The SMILES string of the molecule is Fc1cc(Cl)cc(COCC2Cc3ccccc3C2N2CCNCC2)c1. The average molecular weight is 375 g/mol. The maximum atomic E-state index is 13.5. The van der Waals surface area contributed by atoms with Gasteiger partial charge in [-0.1, -0.05) is 35.9 Å². The van der Waals surface area contributed by atoms with Crippen LogP contribution >= 0.6 is 11.6 Å². The van der Waals surface area contributed by atoms with Crippen molar-refractivity contribution in [1.29, 1.82) is 0 Å². The molecule has 2 aromatic carbocycles. The zero-order chi connectivity index (χ0) is 17.9. The van der Waals surface area contributed by atoms with Crippen LogP contribution < -0.4 is 5.32 Å². The number of halogens is 2. The summed E-state index contributed by atoms with van der Waals surface area (Å²) >= 11 is 5.93. The number of ether oxygens (including phenoxy) is 1. The molecule has 1 N–H and O–H groups in total. The van der Waals surface area contributed by atoms with Crippen molar-refractivity contribution in [2.45, 2.75) is 19.1 Å². The van der Waals surface area contributed by atoms with Gasteiger partial charge in [0.2, 0.25) is 0 Å². The molecule has 1 aliphatic carbocycles. The van der Waals surface area contributed by atoms with Crippen molar-refractivity contribution in [3.63, 3.8) is 0 Å². The minimum atomic E-state index is -0.317. The van der Waals surface area contributed by atoms with Crippen molar-refractivity contribution in [2.24, 2.45) is 5.92 Å². The van der Waals surface area contributed by atoms with Gasteiger partial charge in [-0.3, -0.25) is 4.90 Å². The minimum absolute atomic E-state index is 0.317. The van der Waals surface area contributed by atoms with Crippen molar-refractivity contribution >= 4 is 11.6 Å². The van der Waals surface area contributed by atoms with Crippen molar-refractivity contribution in [1.82, 2.24) is 10.2 Å². The van der Waals surface area contributed by atoms with E-state index in [-0.39, 0.29) is 5.82 Å². The Bertz CT molecular complexity index is 743. The second-order valence-corrected chi connectivity index (χ2v) is 7.62. The van der Waals surface area contributed by atoms with Crippen LogP contribution in [0.4, 0.5) is 4.39 Å². The van der Waals surface area contributed by atoms with Gasteiger partial charge in [-0.15, -0.1) is 0 Å². The maximum absolute atomic E-state index is 13.5. The summed E-state index contributed by atoms with van der Waals surface area (Å²) in [6.07, 6.45) is 1.04. The molecule has 1 fully saturated rings. The van der Waals surface area contributed by atoms with E-state index in [0.29, 0.717) is 30.2 Å². The molecule has 2 aliphatic rings. The molecule has 3 nitrogen and oxygen atoms in total. The number of hydrogen-bond acceptors (Lipinski definition) is 3. The Hall–Kier alpha value is -1.46. The summed E-state index contributed by atoms with van der Waals surface area (Å²) in [7, 11) is 0. The summed E-state index contributed by atoms with van der Waals surface area (Å²) in [5.41, 5.74) is 3.65. The Balaban J connectivity index is 1.44. The molecule has 0 amide bonds. The van der Waals surface area contributed by atoms with E-state index in [2.05, 4.69) is 34.5 Å². The molecule has 0 saturated carbocycles. The van der Waals surface area contributed by atoms with E-state index in [9.17, 15) is 4.39 Å². The van der Waals surface area contributed by atoms with Gasteiger partial charge in [0.25, 0.3) is 0 Å². The third kappa shape index (κ3) is 3.94. The molecule has 4 rings (SSSR count). The standard InChI is InChI=1S/C21H24ClFN2O/c22-18-9-15(10-19(23)12-18)13-26-14-17-11-16-3-1-2-4-20(16)21(17)25-7-5-24-6-8-25/h1-4,9-10,12,17,21,24H,5-8,11,13-14H2. The van der Waals surface area contributed by atoms with Crippen LogP contribution in [0.2, 0.25) is 5.02 Å². The summed E-state index contributed by atoms with van der Waals surface area (Å²) in [4.78, 5) is 2.58. The quantitative estimate of drug-likeness (QED) is 0.861. The third-order valence-corrected chi connectivity index (χ3v) is 5.59. The van der Waals surface area contributed by atoms with E-state index in [0.717, 1.165) is 38.2 Å². The van der Waals surface area contributed by atoms with Crippen molar-refractivity contribution in [2.75, 3.05) is 32.8 Å². The molecule has 0 aromatic heterocycles. The molecule has 5 heteroatoms. The minimum Gasteiger partial charge on any atom is -0.376 e. The number of hydrogen-bond donors (Lipinski definition) is 1. The summed E-state index contributed by atoms with van der Waals surface area (Å²) < 4.78 is 19.5. The first-order valence-electron chi connectivity index (χ1n) is 9.26. The van der Waals surface area contributed by atoms with Gasteiger partial charge in [0.15, 0.2) is 0 Å². The molecule has 2 aromatic rings. The first-order valence-corrected chi connectivity index (χ1v) is 9.64. The molecule has 0 spiro atoms. The highest BCUT2D eigenvalue weighted by molar-refractivity contribution is 6.30. The van der Waals surface area contributed by atoms with Crippen LogP contribution in [0.3, 0.4) is 0 Å². The fourth-order valence-corrected chi connectivity index (χ4v) is 4.53. The van der Waals surface area contributed by atoms with Gasteiger partial charge in [-0.25, -0.2) is 4.39 Å². The zero-order valence-corrected chi connectivity index (χ0v) is 15.5. The van der Waals surface area contributed by atoms with Gasteiger partial charge < -0.3 is 10.1 Å². The van der Waals surface area contributed by atoms with Crippen LogP contribution in [0, 0.1) is 11.7 Å². The molecular weight excluding hydrogens is 351 g/mol. The number of piperazine rings is 1. The van der Waals surface area contributed by atoms with Gasteiger partial charge in [0.1, 0.15) is 5.82 Å². The molecule has 1 saturated heterocycles. The summed E-state index contributed by atoms with van der Waals surface area (Å²) in [6.45, 7) is 5.25. The molecular formula is C21H24ClFN2O. The topological polar surface area (TPSA) is 24.5 Å².